The Morgan fingerprint density at radius 3 is 2.52 bits per heavy atom. The SMILES string of the molecule is CCCN(CC(F)(F)F)S(=O)(=O)c1cc(CNC)sc1Br. The van der Waals surface area contributed by atoms with E-state index in [1.165, 1.54) is 17.4 Å². The molecule has 21 heavy (non-hydrogen) atoms. The molecule has 0 fully saturated rings. The average Bonchev–Trinajstić information content (AvgIpc) is 2.69. The lowest BCUT2D eigenvalue weighted by Crippen LogP contribution is -2.39. The minimum atomic E-state index is -4.57. The summed E-state index contributed by atoms with van der Waals surface area (Å²) in [5.74, 6) is 0. The van der Waals surface area contributed by atoms with Crippen molar-refractivity contribution >= 4 is 37.3 Å². The fourth-order valence-electron chi connectivity index (χ4n) is 1.71. The summed E-state index contributed by atoms with van der Waals surface area (Å²) in [6.07, 6.45) is -4.26. The smallest absolute Gasteiger partial charge is 0.315 e. The van der Waals surface area contributed by atoms with Crippen LogP contribution in [-0.4, -0.2) is 39.0 Å². The molecule has 0 aliphatic carbocycles. The van der Waals surface area contributed by atoms with E-state index in [0.717, 1.165) is 4.88 Å². The molecule has 1 rings (SSSR count). The van der Waals surface area contributed by atoms with Gasteiger partial charge in [-0.15, -0.1) is 11.3 Å². The normalized spacial score (nSPS) is 13.1. The molecule has 0 unspecified atom stereocenters. The minimum Gasteiger partial charge on any atom is -0.315 e. The highest BCUT2D eigenvalue weighted by molar-refractivity contribution is 9.11. The molecule has 0 aromatic carbocycles. The predicted molar refractivity (Wildman–Crippen MR) is 79.9 cm³/mol. The largest absolute Gasteiger partial charge is 0.402 e. The maximum absolute atomic E-state index is 12.6. The van der Waals surface area contributed by atoms with Crippen LogP contribution in [0.15, 0.2) is 14.7 Å². The van der Waals surface area contributed by atoms with Crippen molar-refractivity contribution in [1.82, 2.24) is 9.62 Å². The molecule has 0 aliphatic heterocycles. The van der Waals surface area contributed by atoms with Crippen molar-refractivity contribution in [2.75, 3.05) is 20.1 Å². The first-order valence-corrected chi connectivity index (χ1v) is 9.16. The van der Waals surface area contributed by atoms with Gasteiger partial charge in [-0.3, -0.25) is 0 Å². The molecule has 122 valence electrons. The van der Waals surface area contributed by atoms with Gasteiger partial charge >= 0.3 is 6.18 Å². The summed E-state index contributed by atoms with van der Waals surface area (Å²) in [7, 11) is -2.47. The molecule has 4 nitrogen and oxygen atoms in total. The fraction of sp³-hybridized carbons (Fsp3) is 0.636. The second kappa shape index (κ2) is 7.40. The summed E-state index contributed by atoms with van der Waals surface area (Å²) in [5.41, 5.74) is 0. The Hall–Kier alpha value is -0.160. The summed E-state index contributed by atoms with van der Waals surface area (Å²) < 4.78 is 63.4. The number of hydrogen-bond acceptors (Lipinski definition) is 4. The number of nitrogens with zero attached hydrogens (tertiary/aromatic N) is 1. The van der Waals surface area contributed by atoms with Crippen molar-refractivity contribution in [3.8, 4) is 0 Å². The molecular weight excluding hydrogens is 393 g/mol. The third-order valence-electron chi connectivity index (χ3n) is 2.50. The molecule has 10 heteroatoms. The van der Waals surface area contributed by atoms with Gasteiger partial charge in [0.1, 0.15) is 11.4 Å². The molecule has 1 N–H and O–H groups in total. The first-order chi connectivity index (χ1) is 9.61. The van der Waals surface area contributed by atoms with Gasteiger partial charge in [0, 0.05) is 18.0 Å². The van der Waals surface area contributed by atoms with Crippen molar-refractivity contribution in [3.63, 3.8) is 0 Å². The molecule has 0 spiro atoms. The van der Waals surface area contributed by atoms with Crippen LogP contribution in [0.4, 0.5) is 13.2 Å². The monoisotopic (exact) mass is 408 g/mol. The van der Waals surface area contributed by atoms with E-state index in [1.54, 1.807) is 14.0 Å². The van der Waals surface area contributed by atoms with Crippen molar-refractivity contribution in [1.29, 1.82) is 0 Å². The van der Waals surface area contributed by atoms with Gasteiger partial charge < -0.3 is 5.32 Å². The number of thiophene rings is 1. The lowest BCUT2D eigenvalue weighted by molar-refractivity contribution is -0.136. The zero-order valence-electron chi connectivity index (χ0n) is 11.5. The Bertz CT molecular complexity index is 573. The molecule has 1 heterocycles. The van der Waals surface area contributed by atoms with Gasteiger partial charge in [0.2, 0.25) is 10.0 Å². The van der Waals surface area contributed by atoms with Crippen molar-refractivity contribution in [2.24, 2.45) is 0 Å². The van der Waals surface area contributed by atoms with Gasteiger partial charge in [0.15, 0.2) is 0 Å². The van der Waals surface area contributed by atoms with E-state index >= 15 is 0 Å². The van der Waals surface area contributed by atoms with E-state index in [0.29, 0.717) is 21.1 Å². The number of sulfonamides is 1. The number of alkyl halides is 3. The minimum absolute atomic E-state index is 0.115. The molecule has 1 aromatic heterocycles. The van der Waals surface area contributed by atoms with Crippen LogP contribution >= 0.6 is 27.3 Å². The van der Waals surface area contributed by atoms with Crippen molar-refractivity contribution < 1.29 is 21.6 Å². The number of rotatable bonds is 7. The topological polar surface area (TPSA) is 49.4 Å². The van der Waals surface area contributed by atoms with Gasteiger partial charge in [-0.2, -0.15) is 17.5 Å². The summed E-state index contributed by atoms with van der Waals surface area (Å²) in [6.45, 7) is 0.429. The van der Waals surface area contributed by atoms with Crippen LogP contribution in [-0.2, 0) is 16.6 Å². The van der Waals surface area contributed by atoms with E-state index in [-0.39, 0.29) is 11.4 Å². The second-order valence-electron chi connectivity index (χ2n) is 4.33. The van der Waals surface area contributed by atoms with E-state index in [4.69, 9.17) is 0 Å². The van der Waals surface area contributed by atoms with E-state index in [9.17, 15) is 21.6 Å². The van der Waals surface area contributed by atoms with E-state index < -0.39 is 22.7 Å². The highest BCUT2D eigenvalue weighted by Gasteiger charge is 2.37. The fourth-order valence-corrected chi connectivity index (χ4v) is 5.87. The molecule has 0 saturated heterocycles. The molecule has 0 atom stereocenters. The van der Waals surface area contributed by atoms with Gasteiger partial charge in [-0.1, -0.05) is 6.92 Å². The first-order valence-electron chi connectivity index (χ1n) is 6.11. The van der Waals surface area contributed by atoms with E-state index in [1.807, 2.05) is 0 Å². The highest BCUT2D eigenvalue weighted by atomic mass is 79.9. The van der Waals surface area contributed by atoms with Crippen LogP contribution in [0.2, 0.25) is 0 Å². The molecule has 0 radical (unpaired) electrons. The molecular formula is C11H16BrF3N2O2S2. The summed E-state index contributed by atoms with van der Waals surface area (Å²) in [5, 5.41) is 2.87. The van der Waals surface area contributed by atoms with Gasteiger partial charge in [0.25, 0.3) is 0 Å². The number of halogens is 4. The molecule has 0 aliphatic rings. The standard InChI is InChI=1S/C11H16BrF3N2O2S2/c1-3-4-17(7-11(13,14)15)21(18,19)9-5-8(6-16-2)20-10(9)12/h5,16H,3-4,6-7H2,1-2H3. The van der Waals surface area contributed by atoms with Crippen LogP contribution in [0.3, 0.4) is 0 Å². The average molecular weight is 409 g/mol. The summed E-state index contributed by atoms with van der Waals surface area (Å²) in [4.78, 5) is 0.613. The number of hydrogen-bond donors (Lipinski definition) is 1. The van der Waals surface area contributed by atoms with Gasteiger partial charge in [0.05, 0.1) is 3.79 Å². The Morgan fingerprint density at radius 2 is 2.05 bits per heavy atom. The molecule has 0 bridgehead atoms. The molecule has 0 saturated carbocycles. The third-order valence-corrected chi connectivity index (χ3v) is 6.60. The highest BCUT2D eigenvalue weighted by Crippen LogP contribution is 2.34. The first kappa shape index (κ1) is 18.9. The quantitative estimate of drug-likeness (QED) is 0.753. The van der Waals surface area contributed by atoms with Gasteiger partial charge in [-0.25, -0.2) is 8.42 Å². The number of nitrogens with one attached hydrogen (secondary N) is 1. The Labute approximate surface area is 134 Å². The Balaban J connectivity index is 3.16. The van der Waals surface area contributed by atoms with Crippen LogP contribution in [0, 0.1) is 0 Å². The summed E-state index contributed by atoms with van der Waals surface area (Å²) >= 11 is 4.31. The van der Waals surface area contributed by atoms with Crippen LogP contribution in [0.5, 0.6) is 0 Å². The Kier molecular flexibility index (Phi) is 6.66. The maximum atomic E-state index is 12.6. The molecule has 0 amide bonds. The second-order valence-corrected chi connectivity index (χ2v) is 8.70. The van der Waals surface area contributed by atoms with Crippen LogP contribution in [0.25, 0.3) is 0 Å². The predicted octanol–water partition coefficient (Wildman–Crippen LogP) is 3.19. The zero-order chi connectivity index (χ0) is 16.3. The van der Waals surface area contributed by atoms with Crippen molar-refractivity contribution in [3.05, 3.63) is 14.7 Å². The zero-order valence-corrected chi connectivity index (χ0v) is 14.7. The van der Waals surface area contributed by atoms with Crippen LogP contribution < -0.4 is 5.32 Å². The lowest BCUT2D eigenvalue weighted by atomic mass is 10.5. The van der Waals surface area contributed by atoms with Gasteiger partial charge in [-0.05, 0) is 35.5 Å². The van der Waals surface area contributed by atoms with Crippen molar-refractivity contribution in [2.45, 2.75) is 31.0 Å². The lowest BCUT2D eigenvalue weighted by Gasteiger charge is -2.22. The summed E-state index contributed by atoms with van der Waals surface area (Å²) in [6, 6.07) is 1.40. The van der Waals surface area contributed by atoms with Crippen LogP contribution in [0.1, 0.15) is 18.2 Å². The maximum Gasteiger partial charge on any atom is 0.402 e. The van der Waals surface area contributed by atoms with E-state index in [2.05, 4.69) is 21.2 Å². The molecule has 1 aromatic rings. The third kappa shape index (κ3) is 5.20. The Morgan fingerprint density at radius 1 is 1.43 bits per heavy atom.